The van der Waals surface area contributed by atoms with E-state index in [4.69, 9.17) is 0 Å². The highest BCUT2D eigenvalue weighted by atomic mass is 15.0. The molecule has 2 nitrogen and oxygen atoms in total. The SMILES string of the molecule is CCC(NC1CCCCC1C1CCCN1)C(C)C. The van der Waals surface area contributed by atoms with E-state index in [0.717, 1.165) is 23.9 Å². The van der Waals surface area contributed by atoms with Gasteiger partial charge in [-0.15, -0.1) is 0 Å². The van der Waals surface area contributed by atoms with Crippen molar-refractivity contribution in [3.8, 4) is 0 Å². The highest BCUT2D eigenvalue weighted by Gasteiger charge is 2.34. The smallest absolute Gasteiger partial charge is 0.0113 e. The Labute approximate surface area is 113 Å². The molecule has 2 rings (SSSR count). The third kappa shape index (κ3) is 3.48. The molecule has 2 N–H and O–H groups in total. The minimum absolute atomic E-state index is 0.706. The van der Waals surface area contributed by atoms with Crippen molar-refractivity contribution in [2.75, 3.05) is 6.54 Å². The first-order valence-corrected chi connectivity index (χ1v) is 8.21. The molecule has 0 aromatic heterocycles. The van der Waals surface area contributed by atoms with E-state index in [1.54, 1.807) is 0 Å². The quantitative estimate of drug-likeness (QED) is 0.784. The van der Waals surface area contributed by atoms with Crippen LogP contribution in [0.5, 0.6) is 0 Å². The first kappa shape index (κ1) is 14.3. The van der Waals surface area contributed by atoms with Crippen LogP contribution in [-0.2, 0) is 0 Å². The van der Waals surface area contributed by atoms with Gasteiger partial charge in [0.2, 0.25) is 0 Å². The second kappa shape index (κ2) is 6.91. The van der Waals surface area contributed by atoms with Gasteiger partial charge >= 0.3 is 0 Å². The number of hydrogen-bond donors (Lipinski definition) is 2. The summed E-state index contributed by atoms with van der Waals surface area (Å²) in [6, 6.07) is 2.27. The number of nitrogens with one attached hydrogen (secondary N) is 2. The molecule has 0 aromatic carbocycles. The lowest BCUT2D eigenvalue weighted by Crippen LogP contribution is -2.51. The Morgan fingerprint density at radius 3 is 2.50 bits per heavy atom. The fraction of sp³-hybridized carbons (Fsp3) is 1.00. The first-order chi connectivity index (χ1) is 8.72. The number of rotatable bonds is 5. The van der Waals surface area contributed by atoms with Crippen LogP contribution in [0.1, 0.15) is 65.7 Å². The molecule has 1 saturated carbocycles. The Morgan fingerprint density at radius 1 is 1.11 bits per heavy atom. The molecule has 106 valence electrons. The summed E-state index contributed by atoms with van der Waals surface area (Å²) >= 11 is 0. The van der Waals surface area contributed by atoms with Crippen LogP contribution in [0.2, 0.25) is 0 Å². The summed E-state index contributed by atoms with van der Waals surface area (Å²) in [5.74, 6) is 1.64. The zero-order valence-corrected chi connectivity index (χ0v) is 12.5. The van der Waals surface area contributed by atoms with Crippen molar-refractivity contribution in [1.82, 2.24) is 10.6 Å². The van der Waals surface area contributed by atoms with Gasteiger partial charge in [0.05, 0.1) is 0 Å². The molecule has 18 heavy (non-hydrogen) atoms. The Hall–Kier alpha value is -0.0800. The van der Waals surface area contributed by atoms with Crippen molar-refractivity contribution < 1.29 is 0 Å². The van der Waals surface area contributed by atoms with E-state index in [-0.39, 0.29) is 0 Å². The van der Waals surface area contributed by atoms with Crippen LogP contribution < -0.4 is 10.6 Å². The maximum atomic E-state index is 3.99. The van der Waals surface area contributed by atoms with Gasteiger partial charge in [-0.1, -0.05) is 33.6 Å². The maximum absolute atomic E-state index is 3.99. The van der Waals surface area contributed by atoms with Crippen LogP contribution in [-0.4, -0.2) is 24.7 Å². The molecule has 2 heteroatoms. The molecular formula is C16H32N2. The predicted molar refractivity (Wildman–Crippen MR) is 78.8 cm³/mol. The molecule has 1 saturated heterocycles. The fourth-order valence-corrected chi connectivity index (χ4v) is 3.98. The minimum atomic E-state index is 0.706. The molecule has 0 bridgehead atoms. The molecule has 0 radical (unpaired) electrons. The van der Waals surface area contributed by atoms with Gasteiger partial charge in [-0.25, -0.2) is 0 Å². The van der Waals surface area contributed by atoms with Gasteiger partial charge in [0.25, 0.3) is 0 Å². The highest BCUT2D eigenvalue weighted by molar-refractivity contribution is 4.93. The molecule has 0 amide bonds. The van der Waals surface area contributed by atoms with E-state index < -0.39 is 0 Å². The minimum Gasteiger partial charge on any atom is -0.314 e. The maximum Gasteiger partial charge on any atom is 0.0113 e. The molecule has 0 spiro atoms. The highest BCUT2D eigenvalue weighted by Crippen LogP contribution is 2.31. The van der Waals surface area contributed by atoms with E-state index in [2.05, 4.69) is 31.4 Å². The Kier molecular flexibility index (Phi) is 5.50. The topological polar surface area (TPSA) is 24.1 Å². The summed E-state index contributed by atoms with van der Waals surface area (Å²) in [7, 11) is 0. The second-order valence-electron chi connectivity index (χ2n) is 6.68. The average molecular weight is 252 g/mol. The van der Waals surface area contributed by atoms with Gasteiger partial charge < -0.3 is 10.6 Å². The van der Waals surface area contributed by atoms with Gasteiger partial charge in [0, 0.05) is 18.1 Å². The summed E-state index contributed by atoms with van der Waals surface area (Å²) in [4.78, 5) is 0. The summed E-state index contributed by atoms with van der Waals surface area (Å²) < 4.78 is 0. The van der Waals surface area contributed by atoms with Gasteiger partial charge in [0.15, 0.2) is 0 Å². The third-order valence-corrected chi connectivity index (χ3v) is 5.11. The fourth-order valence-electron chi connectivity index (χ4n) is 3.98. The zero-order valence-electron chi connectivity index (χ0n) is 12.5. The van der Waals surface area contributed by atoms with Crippen LogP contribution in [0.15, 0.2) is 0 Å². The van der Waals surface area contributed by atoms with Crippen LogP contribution in [0.3, 0.4) is 0 Å². The van der Waals surface area contributed by atoms with Crippen LogP contribution in [0.4, 0.5) is 0 Å². The molecule has 2 aliphatic rings. The zero-order chi connectivity index (χ0) is 13.0. The molecular weight excluding hydrogens is 220 g/mol. The van der Waals surface area contributed by atoms with Gasteiger partial charge in [-0.3, -0.25) is 0 Å². The molecule has 1 aliphatic heterocycles. The average Bonchev–Trinajstić information content (AvgIpc) is 2.89. The summed E-state index contributed by atoms with van der Waals surface area (Å²) in [6.45, 7) is 8.28. The van der Waals surface area contributed by atoms with Crippen molar-refractivity contribution in [2.24, 2.45) is 11.8 Å². The van der Waals surface area contributed by atoms with Crippen LogP contribution in [0.25, 0.3) is 0 Å². The molecule has 2 fully saturated rings. The summed E-state index contributed by atoms with van der Waals surface area (Å²) in [5, 5.41) is 7.73. The van der Waals surface area contributed by atoms with Gasteiger partial charge in [-0.2, -0.15) is 0 Å². The molecule has 0 aromatic rings. The standard InChI is InChI=1S/C16H32N2/c1-4-14(12(2)3)18-16-9-6-5-8-13(16)15-10-7-11-17-15/h12-18H,4-11H2,1-3H3. The lowest BCUT2D eigenvalue weighted by molar-refractivity contribution is 0.186. The first-order valence-electron chi connectivity index (χ1n) is 8.21. The molecule has 4 atom stereocenters. The van der Waals surface area contributed by atoms with Crippen LogP contribution in [0, 0.1) is 11.8 Å². The number of hydrogen-bond acceptors (Lipinski definition) is 2. The Morgan fingerprint density at radius 2 is 1.89 bits per heavy atom. The van der Waals surface area contributed by atoms with Crippen molar-refractivity contribution in [1.29, 1.82) is 0 Å². The Balaban J connectivity index is 1.94. The van der Waals surface area contributed by atoms with Crippen molar-refractivity contribution in [3.05, 3.63) is 0 Å². The normalized spacial score (nSPS) is 35.0. The Bertz CT molecular complexity index is 233. The van der Waals surface area contributed by atoms with Crippen molar-refractivity contribution in [3.63, 3.8) is 0 Å². The van der Waals surface area contributed by atoms with E-state index in [1.165, 1.54) is 51.5 Å². The molecule has 4 unspecified atom stereocenters. The largest absolute Gasteiger partial charge is 0.314 e. The summed E-state index contributed by atoms with van der Waals surface area (Å²) in [5.41, 5.74) is 0. The van der Waals surface area contributed by atoms with Crippen LogP contribution >= 0.6 is 0 Å². The molecule has 1 heterocycles. The van der Waals surface area contributed by atoms with Crippen molar-refractivity contribution in [2.45, 2.75) is 83.8 Å². The predicted octanol–water partition coefficient (Wildman–Crippen LogP) is 3.32. The van der Waals surface area contributed by atoms with E-state index in [9.17, 15) is 0 Å². The van der Waals surface area contributed by atoms with E-state index in [0.29, 0.717) is 6.04 Å². The summed E-state index contributed by atoms with van der Waals surface area (Å²) in [6.07, 6.45) is 9.75. The second-order valence-corrected chi connectivity index (χ2v) is 6.68. The van der Waals surface area contributed by atoms with E-state index in [1.807, 2.05) is 0 Å². The molecule has 1 aliphatic carbocycles. The van der Waals surface area contributed by atoms with E-state index >= 15 is 0 Å². The lowest BCUT2D eigenvalue weighted by atomic mass is 9.78. The third-order valence-electron chi connectivity index (χ3n) is 5.11. The lowest BCUT2D eigenvalue weighted by Gasteiger charge is -2.39. The monoisotopic (exact) mass is 252 g/mol. The van der Waals surface area contributed by atoms with Gasteiger partial charge in [0.1, 0.15) is 0 Å². The van der Waals surface area contributed by atoms with Gasteiger partial charge in [-0.05, 0) is 50.5 Å². The van der Waals surface area contributed by atoms with Crippen molar-refractivity contribution >= 4 is 0 Å².